The Hall–Kier alpha value is -1.75. The Balaban J connectivity index is 3.22. The third-order valence-corrected chi connectivity index (χ3v) is 1.96. The minimum absolute atomic E-state index is 0.171. The number of aliphatic hydroxyl groups excluding tert-OH is 1. The van der Waals surface area contributed by atoms with Gasteiger partial charge < -0.3 is 19.7 Å². The molecule has 2 N–H and O–H groups in total. The fourth-order valence-corrected chi connectivity index (χ4v) is 1.26. The maximum atomic E-state index is 10.6. The van der Waals surface area contributed by atoms with Crippen molar-refractivity contribution in [2.75, 3.05) is 14.2 Å². The topological polar surface area (TPSA) is 76.0 Å². The number of benzene rings is 1. The van der Waals surface area contributed by atoms with Crippen LogP contribution in [0, 0.1) is 0 Å². The van der Waals surface area contributed by atoms with Gasteiger partial charge in [0.15, 0.2) is 17.6 Å². The van der Waals surface area contributed by atoms with Crippen LogP contribution in [0.15, 0.2) is 18.2 Å². The number of hydrogen-bond donors (Lipinski definition) is 2. The Kier molecular flexibility index (Phi) is 3.51. The highest BCUT2D eigenvalue weighted by molar-refractivity contribution is 5.75. The lowest BCUT2D eigenvalue weighted by Gasteiger charge is -2.14. The van der Waals surface area contributed by atoms with Crippen LogP contribution in [0.4, 0.5) is 0 Å². The lowest BCUT2D eigenvalue weighted by molar-refractivity contribution is -0.147. The number of carboxylic acids is 1. The Labute approximate surface area is 86.9 Å². The number of aliphatic carboxylic acids is 1. The van der Waals surface area contributed by atoms with Gasteiger partial charge in [0.2, 0.25) is 0 Å². The van der Waals surface area contributed by atoms with Gasteiger partial charge in [-0.15, -0.1) is 0 Å². The van der Waals surface area contributed by atoms with Crippen LogP contribution in [0.5, 0.6) is 11.5 Å². The second-order valence-electron chi connectivity index (χ2n) is 2.82. The third-order valence-electron chi connectivity index (χ3n) is 1.96. The standard InChI is InChI=1S/C10H12O5/c1-14-7-5-3-4-6(9(7)15-2)8(11)10(12)13/h3-5,8,11H,1-2H3,(H,12,13)/t8-/m0/s1. The molecule has 0 spiro atoms. The van der Waals surface area contributed by atoms with E-state index < -0.39 is 12.1 Å². The summed E-state index contributed by atoms with van der Waals surface area (Å²) in [5.74, 6) is -0.716. The van der Waals surface area contributed by atoms with E-state index in [2.05, 4.69) is 0 Å². The zero-order valence-electron chi connectivity index (χ0n) is 8.43. The SMILES string of the molecule is COc1cccc([C@H](O)C(=O)O)c1OC. The number of rotatable bonds is 4. The molecule has 0 aliphatic rings. The van der Waals surface area contributed by atoms with Crippen molar-refractivity contribution < 1.29 is 24.5 Å². The van der Waals surface area contributed by atoms with Crippen molar-refractivity contribution in [2.24, 2.45) is 0 Å². The molecule has 0 aliphatic heterocycles. The van der Waals surface area contributed by atoms with Gasteiger partial charge >= 0.3 is 5.97 Å². The van der Waals surface area contributed by atoms with Crippen LogP contribution in [0.2, 0.25) is 0 Å². The number of hydrogen-bond acceptors (Lipinski definition) is 4. The van der Waals surface area contributed by atoms with Gasteiger partial charge in [-0.05, 0) is 6.07 Å². The van der Waals surface area contributed by atoms with Crippen molar-refractivity contribution >= 4 is 5.97 Å². The first kappa shape index (κ1) is 11.3. The van der Waals surface area contributed by atoms with E-state index >= 15 is 0 Å². The summed E-state index contributed by atoms with van der Waals surface area (Å²) < 4.78 is 9.97. The molecular weight excluding hydrogens is 200 g/mol. The number of methoxy groups -OCH3 is 2. The molecule has 1 rings (SSSR count). The molecule has 15 heavy (non-hydrogen) atoms. The summed E-state index contributed by atoms with van der Waals surface area (Å²) in [7, 11) is 2.82. The van der Waals surface area contributed by atoms with Crippen LogP contribution >= 0.6 is 0 Å². The first-order valence-corrected chi connectivity index (χ1v) is 4.23. The summed E-state index contributed by atoms with van der Waals surface area (Å²) in [5.41, 5.74) is 0.171. The Morgan fingerprint density at radius 2 is 2.00 bits per heavy atom. The lowest BCUT2D eigenvalue weighted by Crippen LogP contribution is -2.12. The molecule has 0 aromatic heterocycles. The number of para-hydroxylation sites is 1. The fourth-order valence-electron chi connectivity index (χ4n) is 1.26. The monoisotopic (exact) mass is 212 g/mol. The van der Waals surface area contributed by atoms with E-state index in [4.69, 9.17) is 14.6 Å². The molecule has 5 nitrogen and oxygen atoms in total. The molecule has 5 heteroatoms. The van der Waals surface area contributed by atoms with E-state index in [1.165, 1.54) is 20.3 Å². The molecule has 0 radical (unpaired) electrons. The van der Waals surface area contributed by atoms with Gasteiger partial charge in [-0.2, -0.15) is 0 Å². The van der Waals surface area contributed by atoms with Crippen LogP contribution in [0.3, 0.4) is 0 Å². The van der Waals surface area contributed by atoms with Crippen molar-refractivity contribution in [3.63, 3.8) is 0 Å². The molecule has 0 aliphatic carbocycles. The second-order valence-corrected chi connectivity index (χ2v) is 2.82. The number of carbonyl (C=O) groups is 1. The van der Waals surface area contributed by atoms with Crippen molar-refractivity contribution in [3.05, 3.63) is 23.8 Å². The normalized spacial score (nSPS) is 11.9. The zero-order valence-corrected chi connectivity index (χ0v) is 8.43. The highest BCUT2D eigenvalue weighted by atomic mass is 16.5. The fraction of sp³-hybridized carbons (Fsp3) is 0.300. The van der Waals surface area contributed by atoms with Crippen LogP contribution in [-0.4, -0.2) is 30.4 Å². The first-order valence-electron chi connectivity index (χ1n) is 4.23. The van der Waals surface area contributed by atoms with Gasteiger partial charge in [-0.25, -0.2) is 4.79 Å². The number of aliphatic hydroxyl groups is 1. The predicted molar refractivity (Wildman–Crippen MR) is 52.1 cm³/mol. The molecule has 0 bridgehead atoms. The van der Waals surface area contributed by atoms with Gasteiger partial charge in [-0.3, -0.25) is 0 Å². The average molecular weight is 212 g/mol. The van der Waals surface area contributed by atoms with E-state index in [1.54, 1.807) is 12.1 Å². The van der Waals surface area contributed by atoms with E-state index in [-0.39, 0.29) is 11.3 Å². The third kappa shape index (κ3) is 2.19. The molecule has 0 saturated heterocycles. The second kappa shape index (κ2) is 4.65. The van der Waals surface area contributed by atoms with Crippen molar-refractivity contribution in [3.8, 4) is 11.5 Å². The Bertz CT molecular complexity index is 361. The maximum absolute atomic E-state index is 10.6. The number of carboxylic acid groups (broad SMARTS) is 1. The molecule has 0 heterocycles. The van der Waals surface area contributed by atoms with Crippen LogP contribution in [0.25, 0.3) is 0 Å². The molecule has 0 saturated carbocycles. The summed E-state index contributed by atoms with van der Waals surface area (Å²) in [6, 6.07) is 4.68. The van der Waals surface area contributed by atoms with E-state index in [0.29, 0.717) is 5.75 Å². The molecular formula is C10H12O5. The smallest absolute Gasteiger partial charge is 0.337 e. The van der Waals surface area contributed by atoms with Gasteiger partial charge in [0.05, 0.1) is 14.2 Å². The van der Waals surface area contributed by atoms with Crippen LogP contribution in [0.1, 0.15) is 11.7 Å². The van der Waals surface area contributed by atoms with Gasteiger partial charge in [-0.1, -0.05) is 12.1 Å². The molecule has 82 valence electrons. The summed E-state index contributed by atoms with van der Waals surface area (Å²) in [5, 5.41) is 18.1. The maximum Gasteiger partial charge on any atom is 0.337 e. The molecule has 1 atom stereocenters. The average Bonchev–Trinajstić information content (AvgIpc) is 2.26. The van der Waals surface area contributed by atoms with Gasteiger partial charge in [0, 0.05) is 5.56 Å². The summed E-state index contributed by atoms with van der Waals surface area (Å²) >= 11 is 0. The van der Waals surface area contributed by atoms with Crippen LogP contribution in [-0.2, 0) is 4.79 Å². The summed E-state index contributed by atoms with van der Waals surface area (Å²) in [4.78, 5) is 10.6. The highest BCUT2D eigenvalue weighted by Crippen LogP contribution is 2.34. The molecule has 0 amide bonds. The molecule has 1 aromatic rings. The minimum atomic E-state index is -1.62. The summed E-state index contributed by atoms with van der Waals surface area (Å²) in [6.07, 6.45) is -1.62. The van der Waals surface area contributed by atoms with E-state index in [0.717, 1.165) is 0 Å². The number of ether oxygens (including phenoxy) is 2. The van der Waals surface area contributed by atoms with Crippen molar-refractivity contribution in [1.82, 2.24) is 0 Å². The molecule has 0 fully saturated rings. The van der Waals surface area contributed by atoms with Gasteiger partial charge in [0.1, 0.15) is 0 Å². The van der Waals surface area contributed by atoms with E-state index in [9.17, 15) is 9.90 Å². The summed E-state index contributed by atoms with van der Waals surface area (Å²) in [6.45, 7) is 0. The van der Waals surface area contributed by atoms with Gasteiger partial charge in [0.25, 0.3) is 0 Å². The Morgan fingerprint density at radius 3 is 2.47 bits per heavy atom. The Morgan fingerprint density at radius 1 is 1.33 bits per heavy atom. The zero-order chi connectivity index (χ0) is 11.4. The lowest BCUT2D eigenvalue weighted by atomic mass is 10.1. The first-order chi connectivity index (χ1) is 7.11. The minimum Gasteiger partial charge on any atom is -0.493 e. The van der Waals surface area contributed by atoms with Crippen LogP contribution < -0.4 is 9.47 Å². The largest absolute Gasteiger partial charge is 0.493 e. The van der Waals surface area contributed by atoms with Crippen molar-refractivity contribution in [2.45, 2.75) is 6.10 Å². The highest BCUT2D eigenvalue weighted by Gasteiger charge is 2.22. The van der Waals surface area contributed by atoms with Crippen molar-refractivity contribution in [1.29, 1.82) is 0 Å². The molecule has 1 aromatic carbocycles. The van der Waals surface area contributed by atoms with E-state index in [1.807, 2.05) is 0 Å². The quantitative estimate of drug-likeness (QED) is 0.772. The molecule has 0 unspecified atom stereocenters. The predicted octanol–water partition coefficient (Wildman–Crippen LogP) is 0.822.